The molecular formula is C13H11N5O2. The van der Waals surface area contributed by atoms with Crippen LogP contribution in [0, 0.1) is 11.3 Å². The van der Waals surface area contributed by atoms with Crippen molar-refractivity contribution >= 4 is 17.5 Å². The molecule has 0 atom stereocenters. The van der Waals surface area contributed by atoms with Crippen molar-refractivity contribution in [3.8, 4) is 11.8 Å². The number of hydrogen-bond acceptors (Lipinski definition) is 4. The third kappa shape index (κ3) is 3.00. The summed E-state index contributed by atoms with van der Waals surface area (Å²) in [6.45, 7) is 0. The Morgan fingerprint density at radius 2 is 2.00 bits per heavy atom. The molecule has 2 rings (SSSR count). The summed E-state index contributed by atoms with van der Waals surface area (Å²) < 4.78 is 1.50. The van der Waals surface area contributed by atoms with E-state index in [1.165, 1.54) is 10.7 Å². The van der Waals surface area contributed by atoms with Gasteiger partial charge in [-0.05, 0) is 30.3 Å². The molecule has 0 fully saturated rings. The number of nitrogens with zero attached hydrogens (tertiary/aromatic N) is 3. The second-order valence-corrected chi connectivity index (χ2v) is 3.94. The third-order valence-electron chi connectivity index (χ3n) is 2.50. The molecule has 20 heavy (non-hydrogen) atoms. The fourth-order valence-corrected chi connectivity index (χ4v) is 1.57. The fraction of sp³-hybridized carbons (Fsp3) is 0.0769. The van der Waals surface area contributed by atoms with Gasteiger partial charge in [0.25, 0.3) is 5.91 Å². The Labute approximate surface area is 114 Å². The standard InChI is InChI=1S/C13H11N5O2/c14-7-5-12(19)16-9-1-3-10(4-2-9)18-8-6-11(17-18)13(15)20/h1-4,6,8H,5H2,(H2,15,20)(H,16,19). The van der Waals surface area contributed by atoms with Crippen LogP contribution in [0.15, 0.2) is 36.5 Å². The van der Waals surface area contributed by atoms with E-state index in [2.05, 4.69) is 10.4 Å². The molecule has 0 aliphatic rings. The van der Waals surface area contributed by atoms with Crippen molar-refractivity contribution in [2.24, 2.45) is 5.73 Å². The lowest BCUT2D eigenvalue weighted by molar-refractivity contribution is -0.115. The summed E-state index contributed by atoms with van der Waals surface area (Å²) >= 11 is 0. The Morgan fingerprint density at radius 1 is 1.30 bits per heavy atom. The van der Waals surface area contributed by atoms with Crippen LogP contribution in [0.4, 0.5) is 5.69 Å². The van der Waals surface area contributed by atoms with Crippen molar-refractivity contribution in [1.29, 1.82) is 5.26 Å². The van der Waals surface area contributed by atoms with E-state index in [-0.39, 0.29) is 18.0 Å². The molecule has 0 saturated carbocycles. The van der Waals surface area contributed by atoms with E-state index in [1.54, 1.807) is 36.5 Å². The molecule has 0 bridgehead atoms. The van der Waals surface area contributed by atoms with Crippen LogP contribution in [0.1, 0.15) is 16.9 Å². The van der Waals surface area contributed by atoms with Gasteiger partial charge >= 0.3 is 0 Å². The van der Waals surface area contributed by atoms with Crippen molar-refractivity contribution in [3.05, 3.63) is 42.2 Å². The highest BCUT2D eigenvalue weighted by Crippen LogP contribution is 2.13. The molecule has 1 aromatic heterocycles. The Hall–Kier alpha value is -3.14. The van der Waals surface area contributed by atoms with Gasteiger partial charge in [-0.25, -0.2) is 4.68 Å². The molecule has 0 spiro atoms. The zero-order valence-corrected chi connectivity index (χ0v) is 10.4. The number of nitrogens with one attached hydrogen (secondary N) is 1. The highest BCUT2D eigenvalue weighted by atomic mass is 16.2. The van der Waals surface area contributed by atoms with E-state index < -0.39 is 5.91 Å². The minimum Gasteiger partial charge on any atom is -0.364 e. The summed E-state index contributed by atoms with van der Waals surface area (Å²) in [5.74, 6) is -0.959. The molecule has 3 N–H and O–H groups in total. The first-order chi connectivity index (χ1) is 9.60. The van der Waals surface area contributed by atoms with Crippen LogP contribution in [-0.2, 0) is 4.79 Å². The number of aromatic nitrogens is 2. The van der Waals surface area contributed by atoms with E-state index in [9.17, 15) is 9.59 Å². The monoisotopic (exact) mass is 269 g/mol. The number of amides is 2. The number of anilines is 1. The number of hydrogen-bond donors (Lipinski definition) is 2. The normalized spacial score (nSPS) is 9.75. The molecule has 1 heterocycles. The van der Waals surface area contributed by atoms with Crippen LogP contribution < -0.4 is 11.1 Å². The molecule has 0 aliphatic carbocycles. The Bertz CT molecular complexity index is 682. The fourth-order valence-electron chi connectivity index (χ4n) is 1.57. The summed E-state index contributed by atoms with van der Waals surface area (Å²) in [5.41, 5.74) is 6.60. The largest absolute Gasteiger partial charge is 0.364 e. The SMILES string of the molecule is N#CCC(=O)Nc1ccc(-n2ccc(C(N)=O)n2)cc1. The van der Waals surface area contributed by atoms with E-state index >= 15 is 0 Å². The zero-order chi connectivity index (χ0) is 14.5. The van der Waals surface area contributed by atoms with E-state index in [1.807, 2.05) is 0 Å². The van der Waals surface area contributed by atoms with Gasteiger partial charge in [0.2, 0.25) is 5.91 Å². The summed E-state index contributed by atoms with van der Waals surface area (Å²) in [4.78, 5) is 22.2. The molecule has 100 valence electrons. The number of carbonyl (C=O) groups excluding carboxylic acids is 2. The Kier molecular flexibility index (Phi) is 3.77. The topological polar surface area (TPSA) is 114 Å². The maximum atomic E-state index is 11.2. The predicted octanol–water partition coefficient (Wildman–Crippen LogP) is 0.823. The van der Waals surface area contributed by atoms with Crippen LogP contribution in [0.2, 0.25) is 0 Å². The number of nitriles is 1. The summed E-state index contributed by atoms with van der Waals surface area (Å²) in [6, 6.07) is 10.1. The van der Waals surface area contributed by atoms with E-state index in [0.717, 1.165) is 5.69 Å². The molecule has 0 unspecified atom stereocenters. The number of primary amides is 1. The first-order valence-electron chi connectivity index (χ1n) is 5.73. The average Bonchev–Trinajstić information content (AvgIpc) is 2.89. The van der Waals surface area contributed by atoms with Crippen molar-refractivity contribution in [3.63, 3.8) is 0 Å². The molecule has 7 heteroatoms. The quantitative estimate of drug-likeness (QED) is 0.855. The molecular weight excluding hydrogens is 258 g/mol. The molecule has 1 aromatic carbocycles. The van der Waals surface area contributed by atoms with E-state index in [0.29, 0.717) is 5.69 Å². The van der Waals surface area contributed by atoms with Crippen molar-refractivity contribution in [1.82, 2.24) is 9.78 Å². The lowest BCUT2D eigenvalue weighted by Crippen LogP contribution is -2.12. The lowest BCUT2D eigenvalue weighted by Gasteiger charge is -2.05. The maximum absolute atomic E-state index is 11.2. The Morgan fingerprint density at radius 3 is 2.55 bits per heavy atom. The first kappa shape index (κ1) is 13.3. The minimum absolute atomic E-state index is 0.177. The van der Waals surface area contributed by atoms with Crippen molar-refractivity contribution in [2.75, 3.05) is 5.32 Å². The van der Waals surface area contributed by atoms with Crippen molar-refractivity contribution < 1.29 is 9.59 Å². The second-order valence-electron chi connectivity index (χ2n) is 3.94. The van der Waals surface area contributed by atoms with Crippen LogP contribution in [0.25, 0.3) is 5.69 Å². The summed E-state index contributed by atoms with van der Waals surface area (Å²) in [6.07, 6.45) is 1.42. The number of benzene rings is 1. The molecule has 0 radical (unpaired) electrons. The van der Waals surface area contributed by atoms with Crippen LogP contribution in [-0.4, -0.2) is 21.6 Å². The molecule has 0 aliphatic heterocycles. The van der Waals surface area contributed by atoms with Crippen LogP contribution >= 0.6 is 0 Å². The van der Waals surface area contributed by atoms with Gasteiger partial charge in [-0.3, -0.25) is 9.59 Å². The van der Waals surface area contributed by atoms with Gasteiger partial charge in [0.15, 0.2) is 0 Å². The molecule has 2 aromatic rings. The smallest absolute Gasteiger partial charge is 0.269 e. The lowest BCUT2D eigenvalue weighted by atomic mass is 10.2. The Balaban J connectivity index is 2.13. The summed E-state index contributed by atoms with van der Waals surface area (Å²) in [7, 11) is 0. The predicted molar refractivity (Wildman–Crippen MR) is 70.9 cm³/mol. The second kappa shape index (κ2) is 5.67. The van der Waals surface area contributed by atoms with Crippen LogP contribution in [0.5, 0.6) is 0 Å². The highest BCUT2D eigenvalue weighted by molar-refractivity contribution is 5.92. The van der Waals surface area contributed by atoms with E-state index in [4.69, 9.17) is 11.0 Å². The number of nitrogens with two attached hydrogens (primary N) is 1. The molecule has 2 amide bonds. The zero-order valence-electron chi connectivity index (χ0n) is 10.4. The first-order valence-corrected chi connectivity index (χ1v) is 5.73. The van der Waals surface area contributed by atoms with Crippen LogP contribution in [0.3, 0.4) is 0 Å². The highest BCUT2D eigenvalue weighted by Gasteiger charge is 2.06. The third-order valence-corrected chi connectivity index (χ3v) is 2.50. The molecule has 7 nitrogen and oxygen atoms in total. The average molecular weight is 269 g/mol. The van der Waals surface area contributed by atoms with Gasteiger partial charge in [-0.1, -0.05) is 0 Å². The van der Waals surface area contributed by atoms with Gasteiger partial charge < -0.3 is 11.1 Å². The van der Waals surface area contributed by atoms with Crippen molar-refractivity contribution in [2.45, 2.75) is 6.42 Å². The minimum atomic E-state index is -0.593. The van der Waals surface area contributed by atoms with Gasteiger partial charge in [-0.15, -0.1) is 0 Å². The van der Waals surface area contributed by atoms with Gasteiger partial charge in [-0.2, -0.15) is 10.4 Å². The summed E-state index contributed by atoms with van der Waals surface area (Å²) in [5, 5.41) is 15.0. The van der Waals surface area contributed by atoms with Gasteiger partial charge in [0.1, 0.15) is 12.1 Å². The van der Waals surface area contributed by atoms with Gasteiger partial charge in [0, 0.05) is 11.9 Å². The van der Waals surface area contributed by atoms with Gasteiger partial charge in [0.05, 0.1) is 11.8 Å². The molecule has 0 saturated heterocycles. The number of carbonyl (C=O) groups is 2. The number of rotatable bonds is 4. The maximum Gasteiger partial charge on any atom is 0.269 e.